The van der Waals surface area contributed by atoms with Gasteiger partial charge in [0.05, 0.1) is 0 Å². The van der Waals surface area contributed by atoms with Gasteiger partial charge in [-0.15, -0.1) is 11.3 Å². The van der Waals surface area contributed by atoms with Crippen LogP contribution in [-0.4, -0.2) is 6.54 Å². The molecule has 0 atom stereocenters. The molecule has 1 N–H and O–H groups in total. The Morgan fingerprint density at radius 3 is 2.56 bits per heavy atom. The van der Waals surface area contributed by atoms with Crippen LogP contribution in [0.5, 0.6) is 0 Å². The summed E-state index contributed by atoms with van der Waals surface area (Å²) in [5.74, 6) is 0.960. The van der Waals surface area contributed by atoms with Gasteiger partial charge in [-0.3, -0.25) is 0 Å². The lowest BCUT2D eigenvalue weighted by Crippen LogP contribution is -2.26. The van der Waals surface area contributed by atoms with E-state index in [1.807, 2.05) is 11.3 Å². The molecular weight excluding hydrogens is 214 g/mol. The van der Waals surface area contributed by atoms with Crippen LogP contribution in [0.1, 0.15) is 49.8 Å². The highest BCUT2D eigenvalue weighted by Crippen LogP contribution is 2.29. The number of nitrogens with one attached hydrogen (secondary N) is 1. The first-order valence-corrected chi connectivity index (χ1v) is 7.17. The summed E-state index contributed by atoms with van der Waals surface area (Å²) in [6.45, 7) is 9.11. The van der Waals surface area contributed by atoms with Crippen molar-refractivity contribution in [3.63, 3.8) is 0 Å². The first-order chi connectivity index (χ1) is 7.55. The van der Waals surface area contributed by atoms with E-state index < -0.39 is 0 Å². The highest BCUT2D eigenvalue weighted by molar-refractivity contribution is 7.12. The minimum absolute atomic E-state index is 0.302. The second-order valence-electron chi connectivity index (χ2n) is 5.94. The molecule has 1 aliphatic rings. The molecule has 0 saturated heterocycles. The molecule has 1 aliphatic carbocycles. The summed E-state index contributed by atoms with van der Waals surface area (Å²) >= 11 is 1.95. The Bertz CT molecular complexity index is 331. The third-order valence-corrected chi connectivity index (χ3v) is 4.87. The standard InChI is InChI=1S/C14H23NS/c1-14(2,3)13-8-7-12(16-13)10-15-9-11-5-4-6-11/h7-8,11,15H,4-6,9-10H2,1-3H3. The fourth-order valence-corrected chi connectivity index (χ4v) is 3.01. The van der Waals surface area contributed by atoms with Gasteiger partial charge in [-0.25, -0.2) is 0 Å². The van der Waals surface area contributed by atoms with Crippen LogP contribution in [0.25, 0.3) is 0 Å². The quantitative estimate of drug-likeness (QED) is 0.836. The zero-order chi connectivity index (χ0) is 11.6. The molecule has 90 valence electrons. The van der Waals surface area contributed by atoms with Crippen molar-refractivity contribution < 1.29 is 0 Å². The second-order valence-corrected chi connectivity index (χ2v) is 7.11. The van der Waals surface area contributed by atoms with Gasteiger partial charge >= 0.3 is 0 Å². The molecule has 0 radical (unpaired) electrons. The first-order valence-electron chi connectivity index (χ1n) is 6.35. The summed E-state index contributed by atoms with van der Waals surface area (Å²) in [6, 6.07) is 4.56. The maximum atomic E-state index is 3.58. The van der Waals surface area contributed by atoms with E-state index in [2.05, 4.69) is 38.2 Å². The SMILES string of the molecule is CC(C)(C)c1ccc(CNCC2CCC2)s1. The molecule has 0 bridgehead atoms. The Morgan fingerprint density at radius 2 is 2.06 bits per heavy atom. The lowest BCUT2D eigenvalue weighted by molar-refractivity contribution is 0.301. The monoisotopic (exact) mass is 237 g/mol. The Kier molecular flexibility index (Phi) is 3.70. The van der Waals surface area contributed by atoms with E-state index in [1.165, 1.54) is 35.6 Å². The smallest absolute Gasteiger partial charge is 0.0299 e. The van der Waals surface area contributed by atoms with Crippen LogP contribution >= 0.6 is 11.3 Å². The fraction of sp³-hybridized carbons (Fsp3) is 0.714. The lowest BCUT2D eigenvalue weighted by Gasteiger charge is -2.25. The normalized spacial score (nSPS) is 17.4. The highest BCUT2D eigenvalue weighted by Gasteiger charge is 2.17. The third-order valence-electron chi connectivity index (χ3n) is 3.36. The molecule has 0 aliphatic heterocycles. The Morgan fingerprint density at radius 1 is 1.31 bits per heavy atom. The maximum absolute atomic E-state index is 3.58. The van der Waals surface area contributed by atoms with Crippen molar-refractivity contribution in [2.45, 2.75) is 52.0 Å². The van der Waals surface area contributed by atoms with Crippen molar-refractivity contribution in [2.24, 2.45) is 5.92 Å². The zero-order valence-corrected chi connectivity index (χ0v) is 11.5. The van der Waals surface area contributed by atoms with Crippen LogP contribution in [0.3, 0.4) is 0 Å². The molecular formula is C14H23NS. The number of hydrogen-bond donors (Lipinski definition) is 1. The van der Waals surface area contributed by atoms with Gasteiger partial charge in [-0.1, -0.05) is 27.2 Å². The van der Waals surface area contributed by atoms with Crippen LogP contribution in [0.15, 0.2) is 12.1 Å². The van der Waals surface area contributed by atoms with Gasteiger partial charge in [0.15, 0.2) is 0 Å². The van der Waals surface area contributed by atoms with Gasteiger partial charge in [0, 0.05) is 16.3 Å². The van der Waals surface area contributed by atoms with Crippen molar-refractivity contribution in [1.29, 1.82) is 0 Å². The molecule has 0 aromatic carbocycles. The van der Waals surface area contributed by atoms with Crippen molar-refractivity contribution in [3.05, 3.63) is 21.9 Å². The Hall–Kier alpha value is -0.340. The topological polar surface area (TPSA) is 12.0 Å². The van der Waals surface area contributed by atoms with Crippen molar-refractivity contribution in [2.75, 3.05) is 6.54 Å². The van der Waals surface area contributed by atoms with E-state index in [4.69, 9.17) is 0 Å². The highest BCUT2D eigenvalue weighted by atomic mass is 32.1. The predicted octanol–water partition coefficient (Wildman–Crippen LogP) is 3.94. The molecule has 1 nitrogen and oxygen atoms in total. The van der Waals surface area contributed by atoms with Gasteiger partial charge < -0.3 is 5.32 Å². The summed E-state index contributed by atoms with van der Waals surface area (Å²) < 4.78 is 0. The number of thiophene rings is 1. The predicted molar refractivity (Wildman–Crippen MR) is 72.1 cm³/mol. The summed E-state index contributed by atoms with van der Waals surface area (Å²) in [5, 5.41) is 3.58. The maximum Gasteiger partial charge on any atom is 0.0299 e. The number of hydrogen-bond acceptors (Lipinski definition) is 2. The number of rotatable bonds is 4. The molecule has 0 amide bonds. The average molecular weight is 237 g/mol. The molecule has 1 aromatic heterocycles. The fourth-order valence-electron chi connectivity index (χ4n) is 1.97. The van der Waals surface area contributed by atoms with E-state index in [0.717, 1.165) is 12.5 Å². The van der Waals surface area contributed by atoms with Crippen LogP contribution < -0.4 is 5.32 Å². The van der Waals surface area contributed by atoms with Crippen molar-refractivity contribution >= 4 is 11.3 Å². The van der Waals surface area contributed by atoms with Gasteiger partial charge in [-0.05, 0) is 42.9 Å². The summed E-state index contributed by atoms with van der Waals surface area (Å²) in [7, 11) is 0. The molecule has 1 aromatic rings. The van der Waals surface area contributed by atoms with Crippen LogP contribution in [0.4, 0.5) is 0 Å². The van der Waals surface area contributed by atoms with Gasteiger partial charge in [0.2, 0.25) is 0 Å². The van der Waals surface area contributed by atoms with E-state index >= 15 is 0 Å². The minimum atomic E-state index is 0.302. The van der Waals surface area contributed by atoms with Gasteiger partial charge in [-0.2, -0.15) is 0 Å². The molecule has 0 spiro atoms. The third kappa shape index (κ3) is 3.08. The molecule has 1 fully saturated rings. The summed E-state index contributed by atoms with van der Waals surface area (Å²) in [6.07, 6.45) is 4.31. The zero-order valence-electron chi connectivity index (χ0n) is 10.7. The van der Waals surface area contributed by atoms with Crippen LogP contribution in [-0.2, 0) is 12.0 Å². The van der Waals surface area contributed by atoms with E-state index in [0.29, 0.717) is 5.41 Å². The van der Waals surface area contributed by atoms with Crippen molar-refractivity contribution in [1.82, 2.24) is 5.32 Å². The Labute approximate surface area is 103 Å². The molecule has 2 heteroatoms. The van der Waals surface area contributed by atoms with E-state index in [9.17, 15) is 0 Å². The van der Waals surface area contributed by atoms with E-state index in [-0.39, 0.29) is 0 Å². The minimum Gasteiger partial charge on any atom is -0.312 e. The molecule has 16 heavy (non-hydrogen) atoms. The van der Waals surface area contributed by atoms with Gasteiger partial charge in [0.1, 0.15) is 0 Å². The van der Waals surface area contributed by atoms with Crippen LogP contribution in [0, 0.1) is 5.92 Å². The Balaban J connectivity index is 1.78. The van der Waals surface area contributed by atoms with Crippen molar-refractivity contribution in [3.8, 4) is 0 Å². The molecule has 0 unspecified atom stereocenters. The molecule has 2 rings (SSSR count). The van der Waals surface area contributed by atoms with E-state index in [1.54, 1.807) is 0 Å². The summed E-state index contributed by atoms with van der Waals surface area (Å²) in [4.78, 5) is 2.97. The summed E-state index contributed by atoms with van der Waals surface area (Å²) in [5.41, 5.74) is 0.302. The first kappa shape index (κ1) is 12.1. The van der Waals surface area contributed by atoms with Crippen LogP contribution in [0.2, 0.25) is 0 Å². The lowest BCUT2D eigenvalue weighted by atomic mass is 9.85. The second kappa shape index (κ2) is 4.89. The average Bonchev–Trinajstić information content (AvgIpc) is 2.56. The largest absolute Gasteiger partial charge is 0.312 e. The van der Waals surface area contributed by atoms with Gasteiger partial charge in [0.25, 0.3) is 0 Å². The molecule has 1 saturated carbocycles. The molecule has 1 heterocycles.